The first-order valence-corrected chi connectivity index (χ1v) is 5.56. The number of nitrogens with zero attached hydrogens (tertiary/aromatic N) is 1. The Morgan fingerprint density at radius 1 is 1.22 bits per heavy atom. The van der Waals surface area contributed by atoms with Gasteiger partial charge in [0, 0.05) is 22.5 Å². The lowest BCUT2D eigenvalue weighted by Crippen LogP contribution is -2.14. The number of hydrazine groups is 1. The highest BCUT2D eigenvalue weighted by molar-refractivity contribution is 6.30. The fourth-order valence-electron chi connectivity index (χ4n) is 1.39. The van der Waals surface area contributed by atoms with Gasteiger partial charge in [0.15, 0.2) is 0 Å². The maximum absolute atomic E-state index is 11.9. The van der Waals surface area contributed by atoms with E-state index in [1.54, 1.807) is 36.4 Å². The highest BCUT2D eigenvalue weighted by atomic mass is 35.5. The van der Waals surface area contributed by atoms with E-state index in [4.69, 9.17) is 17.4 Å². The van der Waals surface area contributed by atoms with Gasteiger partial charge in [-0.1, -0.05) is 11.6 Å². The molecule has 0 aliphatic rings. The Bertz CT molecular complexity index is 556. The average Bonchev–Trinajstić information content (AvgIpc) is 2.41. The van der Waals surface area contributed by atoms with Gasteiger partial charge in [-0.15, -0.1) is 0 Å². The number of carbonyl (C=O) groups is 1. The molecule has 0 atom stereocenters. The number of anilines is 2. The molecule has 1 aromatic heterocycles. The Balaban J connectivity index is 2.14. The quantitative estimate of drug-likeness (QED) is 0.586. The highest BCUT2D eigenvalue weighted by Crippen LogP contribution is 2.15. The van der Waals surface area contributed by atoms with Gasteiger partial charge >= 0.3 is 0 Å². The Hall–Kier alpha value is -2.11. The van der Waals surface area contributed by atoms with E-state index in [-0.39, 0.29) is 5.91 Å². The molecule has 0 radical (unpaired) electrons. The van der Waals surface area contributed by atoms with Gasteiger partial charge in [0.2, 0.25) is 0 Å². The normalized spacial score (nSPS) is 9.89. The molecule has 2 aromatic rings. The van der Waals surface area contributed by atoms with Gasteiger partial charge < -0.3 is 10.7 Å². The number of amides is 1. The zero-order valence-corrected chi connectivity index (χ0v) is 10.1. The molecule has 0 saturated heterocycles. The van der Waals surface area contributed by atoms with Crippen LogP contribution in [0, 0.1) is 0 Å². The summed E-state index contributed by atoms with van der Waals surface area (Å²) in [5.74, 6) is 5.42. The van der Waals surface area contributed by atoms with Crippen LogP contribution < -0.4 is 16.6 Å². The number of rotatable bonds is 3. The van der Waals surface area contributed by atoms with Crippen molar-refractivity contribution in [3.05, 3.63) is 53.2 Å². The third kappa shape index (κ3) is 2.97. The van der Waals surface area contributed by atoms with Crippen molar-refractivity contribution in [3.8, 4) is 0 Å². The minimum absolute atomic E-state index is 0.240. The first-order valence-electron chi connectivity index (χ1n) is 5.18. The minimum Gasteiger partial charge on any atom is -0.322 e. The molecule has 0 fully saturated rings. The SMILES string of the molecule is NNc1cc(C(=O)Nc2ccc(Cl)cc2)ccn1. The van der Waals surface area contributed by atoms with E-state index in [0.29, 0.717) is 22.1 Å². The van der Waals surface area contributed by atoms with E-state index in [2.05, 4.69) is 15.7 Å². The molecular formula is C12H11ClN4O. The smallest absolute Gasteiger partial charge is 0.255 e. The van der Waals surface area contributed by atoms with Crippen LogP contribution in [0.25, 0.3) is 0 Å². The number of carbonyl (C=O) groups excluding carboxylic acids is 1. The Morgan fingerprint density at radius 3 is 2.61 bits per heavy atom. The van der Waals surface area contributed by atoms with E-state index in [1.807, 2.05) is 0 Å². The molecule has 1 amide bonds. The predicted octanol–water partition coefficient (Wildman–Crippen LogP) is 2.27. The zero-order valence-electron chi connectivity index (χ0n) is 9.35. The molecule has 1 aromatic carbocycles. The molecule has 2 rings (SSSR count). The number of benzene rings is 1. The van der Waals surface area contributed by atoms with Crippen LogP contribution >= 0.6 is 11.6 Å². The van der Waals surface area contributed by atoms with Gasteiger partial charge in [0.05, 0.1) is 0 Å². The molecule has 1 heterocycles. The molecule has 18 heavy (non-hydrogen) atoms. The van der Waals surface area contributed by atoms with Gasteiger partial charge in [-0.05, 0) is 36.4 Å². The van der Waals surface area contributed by atoms with Crippen LogP contribution in [0.1, 0.15) is 10.4 Å². The van der Waals surface area contributed by atoms with Crippen molar-refractivity contribution < 1.29 is 4.79 Å². The molecule has 0 spiro atoms. The second kappa shape index (κ2) is 5.48. The summed E-state index contributed by atoms with van der Waals surface area (Å²) in [5, 5.41) is 3.36. The second-order valence-corrected chi connectivity index (χ2v) is 3.97. The van der Waals surface area contributed by atoms with E-state index >= 15 is 0 Å². The lowest BCUT2D eigenvalue weighted by atomic mass is 10.2. The summed E-state index contributed by atoms with van der Waals surface area (Å²) >= 11 is 5.76. The van der Waals surface area contributed by atoms with Crippen molar-refractivity contribution in [2.45, 2.75) is 0 Å². The number of hydrogen-bond acceptors (Lipinski definition) is 4. The van der Waals surface area contributed by atoms with Crippen molar-refractivity contribution in [2.75, 3.05) is 10.7 Å². The molecule has 4 N–H and O–H groups in total. The fourth-order valence-corrected chi connectivity index (χ4v) is 1.51. The van der Waals surface area contributed by atoms with Gasteiger partial charge in [-0.25, -0.2) is 10.8 Å². The van der Waals surface area contributed by atoms with E-state index < -0.39 is 0 Å². The van der Waals surface area contributed by atoms with E-state index in [9.17, 15) is 4.79 Å². The van der Waals surface area contributed by atoms with Crippen LogP contribution in [-0.2, 0) is 0 Å². The monoisotopic (exact) mass is 262 g/mol. The summed E-state index contributed by atoms with van der Waals surface area (Å²) in [5.41, 5.74) is 3.52. The number of halogens is 1. The molecule has 5 nitrogen and oxygen atoms in total. The predicted molar refractivity (Wildman–Crippen MR) is 71.5 cm³/mol. The third-order valence-corrected chi connectivity index (χ3v) is 2.52. The lowest BCUT2D eigenvalue weighted by molar-refractivity contribution is 0.102. The maximum atomic E-state index is 11.9. The summed E-state index contributed by atoms with van der Waals surface area (Å²) in [6, 6.07) is 10.0. The molecule has 0 unspecified atom stereocenters. The molecular weight excluding hydrogens is 252 g/mol. The molecule has 0 saturated carbocycles. The van der Waals surface area contributed by atoms with Crippen LogP contribution in [0.2, 0.25) is 5.02 Å². The summed E-state index contributed by atoms with van der Waals surface area (Å²) in [6.07, 6.45) is 1.51. The van der Waals surface area contributed by atoms with Gasteiger partial charge in [-0.2, -0.15) is 0 Å². The number of nitrogen functional groups attached to an aromatic ring is 1. The maximum Gasteiger partial charge on any atom is 0.255 e. The van der Waals surface area contributed by atoms with Crippen molar-refractivity contribution in [1.29, 1.82) is 0 Å². The third-order valence-electron chi connectivity index (χ3n) is 2.27. The number of nitrogens with one attached hydrogen (secondary N) is 2. The van der Waals surface area contributed by atoms with E-state index in [0.717, 1.165) is 0 Å². The first kappa shape index (κ1) is 12.3. The highest BCUT2D eigenvalue weighted by Gasteiger charge is 2.06. The van der Waals surface area contributed by atoms with Crippen LogP contribution in [0.4, 0.5) is 11.5 Å². The summed E-state index contributed by atoms with van der Waals surface area (Å²) in [4.78, 5) is 15.9. The summed E-state index contributed by atoms with van der Waals surface area (Å²) < 4.78 is 0. The summed E-state index contributed by atoms with van der Waals surface area (Å²) in [6.45, 7) is 0. The largest absolute Gasteiger partial charge is 0.322 e. The first-order chi connectivity index (χ1) is 8.69. The van der Waals surface area contributed by atoms with Crippen LogP contribution in [0.5, 0.6) is 0 Å². The molecule has 92 valence electrons. The number of pyridine rings is 1. The van der Waals surface area contributed by atoms with Crippen LogP contribution in [0.3, 0.4) is 0 Å². The number of hydrogen-bond donors (Lipinski definition) is 3. The van der Waals surface area contributed by atoms with Crippen LogP contribution in [-0.4, -0.2) is 10.9 Å². The summed E-state index contributed by atoms with van der Waals surface area (Å²) in [7, 11) is 0. The van der Waals surface area contributed by atoms with E-state index in [1.165, 1.54) is 6.20 Å². The Morgan fingerprint density at radius 2 is 1.94 bits per heavy atom. The Kier molecular flexibility index (Phi) is 3.76. The molecule has 0 bridgehead atoms. The van der Waals surface area contributed by atoms with Crippen LogP contribution in [0.15, 0.2) is 42.6 Å². The minimum atomic E-state index is -0.240. The average molecular weight is 263 g/mol. The zero-order chi connectivity index (χ0) is 13.0. The van der Waals surface area contributed by atoms with Gasteiger partial charge in [0.1, 0.15) is 5.82 Å². The Labute approximate surface area is 109 Å². The fraction of sp³-hybridized carbons (Fsp3) is 0. The number of nitrogens with two attached hydrogens (primary N) is 1. The van der Waals surface area contributed by atoms with Gasteiger partial charge in [0.25, 0.3) is 5.91 Å². The molecule has 6 heteroatoms. The van der Waals surface area contributed by atoms with Crippen molar-refractivity contribution in [3.63, 3.8) is 0 Å². The lowest BCUT2D eigenvalue weighted by Gasteiger charge is -2.06. The van der Waals surface area contributed by atoms with Gasteiger partial charge in [-0.3, -0.25) is 4.79 Å². The molecule has 0 aliphatic carbocycles. The standard InChI is InChI=1S/C12H11ClN4O/c13-9-1-3-10(4-2-9)16-12(18)8-5-6-15-11(7-8)17-14/h1-7H,14H2,(H,15,17)(H,16,18). The number of aromatic nitrogens is 1. The second-order valence-electron chi connectivity index (χ2n) is 3.54. The topological polar surface area (TPSA) is 80.0 Å². The molecule has 0 aliphatic heterocycles. The van der Waals surface area contributed by atoms with Crippen molar-refractivity contribution >= 4 is 29.0 Å². The van der Waals surface area contributed by atoms with Crippen molar-refractivity contribution in [2.24, 2.45) is 5.84 Å². The van der Waals surface area contributed by atoms with Crippen molar-refractivity contribution in [1.82, 2.24) is 4.98 Å².